The van der Waals surface area contributed by atoms with Crippen LogP contribution in [0.2, 0.25) is 0 Å². The molecule has 1 aliphatic rings. The lowest BCUT2D eigenvalue weighted by atomic mass is 9.70. The Labute approximate surface area is 128 Å². The molecule has 114 valence electrons. The molecule has 1 atom stereocenters. The van der Waals surface area contributed by atoms with Gasteiger partial charge in [0, 0.05) is 12.1 Å². The summed E-state index contributed by atoms with van der Waals surface area (Å²) in [5, 5.41) is 2.95. The van der Waals surface area contributed by atoms with Gasteiger partial charge in [0.25, 0.3) is 0 Å². The van der Waals surface area contributed by atoms with Gasteiger partial charge in [-0.1, -0.05) is 20.4 Å². The number of amides is 1. The van der Waals surface area contributed by atoms with Gasteiger partial charge in [0.05, 0.1) is 20.6 Å². The van der Waals surface area contributed by atoms with E-state index in [0.29, 0.717) is 0 Å². The Bertz CT molecular complexity index is 426. The molecule has 0 aromatic rings. The largest absolute Gasteiger partial charge is 0.329 e. The SMILES string of the molecule is C=CC[N+](C)(C)C1(C)C=C(NC(=O)CCl)CC(C)(C)C1. The van der Waals surface area contributed by atoms with Crippen molar-refractivity contribution in [3.05, 3.63) is 24.4 Å². The number of carbonyl (C=O) groups excluding carboxylic acids is 1. The lowest BCUT2D eigenvalue weighted by Gasteiger charge is -2.50. The first-order valence-corrected chi connectivity index (χ1v) is 7.60. The Balaban J connectivity index is 3.13. The molecule has 3 nitrogen and oxygen atoms in total. The molecular formula is C16H28ClN2O+. The molecule has 0 fully saturated rings. The highest BCUT2D eigenvalue weighted by atomic mass is 35.5. The number of quaternary nitrogens is 1. The van der Waals surface area contributed by atoms with Crippen molar-refractivity contribution in [3.8, 4) is 0 Å². The molecule has 20 heavy (non-hydrogen) atoms. The Morgan fingerprint density at radius 1 is 1.50 bits per heavy atom. The summed E-state index contributed by atoms with van der Waals surface area (Å²) in [4.78, 5) is 11.6. The Morgan fingerprint density at radius 3 is 2.60 bits per heavy atom. The number of nitrogens with one attached hydrogen (secondary N) is 1. The number of hydrogen-bond acceptors (Lipinski definition) is 1. The normalized spacial score (nSPS) is 25.8. The predicted octanol–water partition coefficient (Wildman–Crippen LogP) is 3.07. The molecule has 0 aromatic carbocycles. The maximum atomic E-state index is 11.6. The van der Waals surface area contributed by atoms with Gasteiger partial charge < -0.3 is 9.80 Å². The molecular weight excluding hydrogens is 272 g/mol. The quantitative estimate of drug-likeness (QED) is 0.472. The average Bonchev–Trinajstić information content (AvgIpc) is 2.25. The number of alkyl halides is 1. The summed E-state index contributed by atoms with van der Waals surface area (Å²) in [5.74, 6) is -0.133. The van der Waals surface area contributed by atoms with E-state index in [4.69, 9.17) is 11.6 Å². The number of nitrogens with zero attached hydrogens (tertiary/aromatic N) is 1. The van der Waals surface area contributed by atoms with Gasteiger partial charge in [0.2, 0.25) is 5.91 Å². The third-order valence-electron chi connectivity index (χ3n) is 4.38. The molecule has 0 saturated carbocycles. The zero-order valence-electron chi connectivity index (χ0n) is 13.4. The van der Waals surface area contributed by atoms with Crippen LogP contribution in [-0.2, 0) is 4.79 Å². The first-order chi connectivity index (χ1) is 9.05. The second-order valence-corrected chi connectivity index (χ2v) is 7.65. The van der Waals surface area contributed by atoms with E-state index in [-0.39, 0.29) is 22.7 Å². The molecule has 0 heterocycles. The first kappa shape index (κ1) is 17.3. The van der Waals surface area contributed by atoms with Crippen LogP contribution < -0.4 is 5.32 Å². The lowest BCUT2D eigenvalue weighted by molar-refractivity contribution is -0.928. The van der Waals surface area contributed by atoms with Crippen LogP contribution in [0.5, 0.6) is 0 Å². The van der Waals surface area contributed by atoms with Gasteiger partial charge in [-0.3, -0.25) is 4.79 Å². The fraction of sp³-hybridized carbons (Fsp3) is 0.688. The standard InChI is InChI=1S/C16H27ClN2O/c1-7-8-19(5,6)16(4)10-13(18-14(20)11-17)9-15(2,3)12-16/h7,10H,1,8-9,11-12H2,2-6H3/p+1. The monoisotopic (exact) mass is 299 g/mol. The van der Waals surface area contributed by atoms with Crippen LogP contribution in [0.3, 0.4) is 0 Å². The van der Waals surface area contributed by atoms with Crippen molar-refractivity contribution in [1.29, 1.82) is 0 Å². The summed E-state index contributed by atoms with van der Waals surface area (Å²) in [6.07, 6.45) is 6.12. The Kier molecular flexibility index (Phi) is 5.09. The van der Waals surface area contributed by atoms with E-state index < -0.39 is 0 Å². The van der Waals surface area contributed by atoms with E-state index in [1.807, 2.05) is 6.08 Å². The van der Waals surface area contributed by atoms with Gasteiger partial charge >= 0.3 is 0 Å². The molecule has 0 aromatic heterocycles. The van der Waals surface area contributed by atoms with Crippen LogP contribution in [0.25, 0.3) is 0 Å². The van der Waals surface area contributed by atoms with Crippen LogP contribution in [0, 0.1) is 5.41 Å². The third-order valence-corrected chi connectivity index (χ3v) is 4.62. The zero-order chi connectivity index (χ0) is 15.6. The van der Waals surface area contributed by atoms with Gasteiger partial charge in [-0.15, -0.1) is 11.6 Å². The maximum absolute atomic E-state index is 11.6. The fourth-order valence-corrected chi connectivity index (χ4v) is 3.30. The van der Waals surface area contributed by atoms with Crippen molar-refractivity contribution < 1.29 is 9.28 Å². The Morgan fingerprint density at radius 2 is 2.10 bits per heavy atom. The van der Waals surface area contributed by atoms with E-state index >= 15 is 0 Å². The van der Waals surface area contributed by atoms with Crippen LogP contribution in [0.1, 0.15) is 33.6 Å². The van der Waals surface area contributed by atoms with Gasteiger partial charge in [0.1, 0.15) is 11.4 Å². The summed E-state index contributed by atoms with van der Waals surface area (Å²) in [6.45, 7) is 11.5. The number of halogens is 1. The molecule has 0 saturated heterocycles. The van der Waals surface area contributed by atoms with Crippen molar-refractivity contribution in [2.45, 2.75) is 39.2 Å². The van der Waals surface area contributed by atoms with Crippen LogP contribution in [0.4, 0.5) is 0 Å². The summed E-state index contributed by atoms with van der Waals surface area (Å²) < 4.78 is 0.820. The molecule has 1 unspecified atom stereocenters. The molecule has 0 radical (unpaired) electrons. The fourth-order valence-electron chi connectivity index (χ4n) is 3.24. The van der Waals surface area contributed by atoms with Crippen LogP contribution in [-0.4, -0.2) is 42.4 Å². The summed E-state index contributed by atoms with van der Waals surface area (Å²) in [6, 6.07) is 0. The van der Waals surface area contributed by atoms with E-state index in [0.717, 1.165) is 29.6 Å². The minimum Gasteiger partial charge on any atom is -0.329 e. The predicted molar refractivity (Wildman–Crippen MR) is 85.5 cm³/mol. The minimum atomic E-state index is -0.132. The molecule has 0 spiro atoms. The molecule has 0 aliphatic heterocycles. The average molecular weight is 300 g/mol. The van der Waals surface area contributed by atoms with Crippen molar-refractivity contribution in [2.75, 3.05) is 26.5 Å². The van der Waals surface area contributed by atoms with E-state index in [1.165, 1.54) is 0 Å². The molecule has 1 rings (SSSR count). The molecule has 1 amide bonds. The minimum absolute atomic E-state index is 0.000605. The van der Waals surface area contributed by atoms with Crippen LogP contribution in [0.15, 0.2) is 24.4 Å². The van der Waals surface area contributed by atoms with Gasteiger partial charge in [-0.25, -0.2) is 0 Å². The second-order valence-electron chi connectivity index (χ2n) is 7.38. The smallest absolute Gasteiger partial charge is 0.239 e. The lowest BCUT2D eigenvalue weighted by Crippen LogP contribution is -2.60. The molecule has 1 aliphatic carbocycles. The highest BCUT2D eigenvalue weighted by Gasteiger charge is 2.46. The van der Waals surface area contributed by atoms with Gasteiger partial charge in [0.15, 0.2) is 0 Å². The molecule has 1 N–H and O–H groups in total. The number of rotatable bonds is 5. The van der Waals surface area contributed by atoms with Gasteiger partial charge in [-0.05, 0) is 30.9 Å². The summed E-state index contributed by atoms with van der Waals surface area (Å²) in [5.41, 5.74) is 1.10. The number of carbonyl (C=O) groups is 1. The third kappa shape index (κ3) is 3.86. The van der Waals surface area contributed by atoms with Crippen molar-refractivity contribution in [1.82, 2.24) is 5.32 Å². The van der Waals surface area contributed by atoms with Crippen molar-refractivity contribution in [3.63, 3.8) is 0 Å². The number of allylic oxidation sites excluding steroid dienone is 1. The van der Waals surface area contributed by atoms with E-state index in [1.54, 1.807) is 0 Å². The summed E-state index contributed by atoms with van der Waals surface area (Å²) >= 11 is 5.60. The Hall–Kier alpha value is -0.800. The number of hydrogen-bond donors (Lipinski definition) is 1. The highest BCUT2D eigenvalue weighted by molar-refractivity contribution is 6.27. The first-order valence-electron chi connectivity index (χ1n) is 7.07. The molecule has 0 bridgehead atoms. The maximum Gasteiger partial charge on any atom is 0.239 e. The van der Waals surface area contributed by atoms with E-state index in [2.05, 4.69) is 52.8 Å². The van der Waals surface area contributed by atoms with Crippen molar-refractivity contribution in [2.24, 2.45) is 5.41 Å². The topological polar surface area (TPSA) is 29.1 Å². The van der Waals surface area contributed by atoms with E-state index in [9.17, 15) is 4.79 Å². The number of likely N-dealkylation sites (N-methyl/N-ethyl adjacent to an activating group) is 1. The molecule has 4 heteroatoms. The van der Waals surface area contributed by atoms with Gasteiger partial charge in [-0.2, -0.15) is 0 Å². The van der Waals surface area contributed by atoms with Crippen LogP contribution >= 0.6 is 11.6 Å². The zero-order valence-corrected chi connectivity index (χ0v) is 14.2. The highest BCUT2D eigenvalue weighted by Crippen LogP contribution is 2.43. The van der Waals surface area contributed by atoms with Crippen molar-refractivity contribution >= 4 is 17.5 Å². The second kappa shape index (κ2) is 5.90. The summed E-state index contributed by atoms with van der Waals surface area (Å²) in [7, 11) is 4.42.